The summed E-state index contributed by atoms with van der Waals surface area (Å²) in [5, 5.41) is 0. The van der Waals surface area contributed by atoms with E-state index < -0.39 is 0 Å². The van der Waals surface area contributed by atoms with Gasteiger partial charge in [-0.2, -0.15) is 0 Å². The van der Waals surface area contributed by atoms with Crippen LogP contribution in [0, 0.1) is 13.8 Å². The molecule has 0 amide bonds. The van der Waals surface area contributed by atoms with Gasteiger partial charge in [-0.25, -0.2) is 4.98 Å². The van der Waals surface area contributed by atoms with Crippen LogP contribution in [-0.2, 0) is 0 Å². The van der Waals surface area contributed by atoms with E-state index in [1.807, 2.05) is 13.8 Å². The number of halogens is 2. The topological polar surface area (TPSA) is 51.6 Å². The van der Waals surface area contributed by atoms with E-state index in [1.54, 1.807) is 24.8 Å². The average molecular weight is 346 g/mol. The van der Waals surface area contributed by atoms with Crippen LogP contribution in [0.1, 0.15) is 11.4 Å². The van der Waals surface area contributed by atoms with Crippen LogP contribution in [-0.4, -0.2) is 19.9 Å². The van der Waals surface area contributed by atoms with Crippen molar-refractivity contribution >= 4 is 31.9 Å². The lowest BCUT2D eigenvalue weighted by molar-refractivity contribution is 1.06. The van der Waals surface area contributed by atoms with Gasteiger partial charge in [-0.05, 0) is 45.7 Å². The summed E-state index contributed by atoms with van der Waals surface area (Å²) in [7, 11) is 0. The largest absolute Gasteiger partial charge is 0.261 e. The van der Waals surface area contributed by atoms with Gasteiger partial charge in [-0.3, -0.25) is 15.0 Å². The summed E-state index contributed by atoms with van der Waals surface area (Å²) < 4.78 is 1.54. The van der Waals surface area contributed by atoms with E-state index in [-0.39, 0.29) is 0 Å². The van der Waals surface area contributed by atoms with Gasteiger partial charge in [0, 0.05) is 18.6 Å². The van der Waals surface area contributed by atoms with Crippen molar-refractivity contribution in [2.45, 2.75) is 13.8 Å². The number of aromatic nitrogens is 4. The molecule has 4 nitrogen and oxygen atoms in total. The lowest BCUT2D eigenvalue weighted by Crippen LogP contribution is -1.85. The van der Waals surface area contributed by atoms with Crippen LogP contribution in [0.25, 0.3) is 0 Å². The summed E-state index contributed by atoms with van der Waals surface area (Å²) in [6.45, 7) is 3.80. The molecule has 2 heterocycles. The third-order valence-corrected chi connectivity index (χ3v) is 2.69. The van der Waals surface area contributed by atoms with Gasteiger partial charge in [0.15, 0.2) is 0 Å². The van der Waals surface area contributed by atoms with Crippen molar-refractivity contribution in [2.75, 3.05) is 0 Å². The predicted octanol–water partition coefficient (Wildman–Crippen LogP) is 3.10. The summed E-state index contributed by atoms with van der Waals surface area (Å²) in [5.41, 5.74) is 1.86. The van der Waals surface area contributed by atoms with Crippen molar-refractivity contribution in [1.29, 1.82) is 0 Å². The van der Waals surface area contributed by atoms with Gasteiger partial charge in [-0.1, -0.05) is 0 Å². The molecule has 0 unspecified atom stereocenters. The van der Waals surface area contributed by atoms with Gasteiger partial charge in [-0.15, -0.1) is 0 Å². The molecule has 0 fully saturated rings. The van der Waals surface area contributed by atoms with Crippen LogP contribution in [0.4, 0.5) is 0 Å². The summed E-state index contributed by atoms with van der Waals surface area (Å²) in [6, 6.07) is 0. The zero-order chi connectivity index (χ0) is 12.0. The van der Waals surface area contributed by atoms with Crippen molar-refractivity contribution in [1.82, 2.24) is 19.9 Å². The minimum atomic E-state index is 0.750. The maximum absolute atomic E-state index is 4.04. The Hall–Kier alpha value is -0.880. The lowest BCUT2D eigenvalue weighted by Gasteiger charge is -1.93. The zero-order valence-electron chi connectivity index (χ0n) is 8.85. The average Bonchev–Trinajstić information content (AvgIpc) is 2.26. The van der Waals surface area contributed by atoms with Crippen LogP contribution >= 0.6 is 31.9 Å². The quantitative estimate of drug-likeness (QED) is 0.736. The van der Waals surface area contributed by atoms with Gasteiger partial charge >= 0.3 is 0 Å². The molecule has 6 heteroatoms. The Kier molecular flexibility index (Phi) is 5.48. The number of aryl methyl sites for hydroxylation is 2. The molecule has 84 valence electrons. The van der Waals surface area contributed by atoms with Crippen molar-refractivity contribution < 1.29 is 0 Å². The SMILES string of the molecule is Cc1cnccn1.Cc1ncc(Br)nc1Br. The number of rotatable bonds is 0. The third kappa shape index (κ3) is 4.76. The summed E-state index contributed by atoms with van der Waals surface area (Å²) in [6.07, 6.45) is 6.72. The monoisotopic (exact) mass is 344 g/mol. The molecule has 2 aromatic heterocycles. The van der Waals surface area contributed by atoms with Crippen LogP contribution in [0.5, 0.6) is 0 Å². The highest BCUT2D eigenvalue weighted by Gasteiger charge is 1.95. The van der Waals surface area contributed by atoms with Crippen molar-refractivity contribution in [3.63, 3.8) is 0 Å². The molecular formula is C10H10Br2N4. The van der Waals surface area contributed by atoms with E-state index in [4.69, 9.17) is 0 Å². The first-order valence-electron chi connectivity index (χ1n) is 4.47. The van der Waals surface area contributed by atoms with Crippen LogP contribution < -0.4 is 0 Å². The fraction of sp³-hybridized carbons (Fsp3) is 0.200. The van der Waals surface area contributed by atoms with Gasteiger partial charge in [0.05, 0.1) is 17.6 Å². The van der Waals surface area contributed by atoms with Crippen molar-refractivity contribution in [2.24, 2.45) is 0 Å². The Labute approximate surface area is 111 Å². The highest BCUT2D eigenvalue weighted by Crippen LogP contribution is 2.12. The van der Waals surface area contributed by atoms with Gasteiger partial charge in [0.1, 0.15) is 9.21 Å². The molecule has 2 rings (SSSR count). The molecule has 16 heavy (non-hydrogen) atoms. The Morgan fingerprint density at radius 3 is 2.12 bits per heavy atom. The first-order chi connectivity index (χ1) is 7.59. The highest BCUT2D eigenvalue weighted by atomic mass is 79.9. The normalized spacial score (nSPS) is 9.25. The van der Waals surface area contributed by atoms with E-state index in [0.29, 0.717) is 0 Å². The first-order valence-corrected chi connectivity index (χ1v) is 6.05. The molecule has 0 aromatic carbocycles. The molecule has 0 atom stereocenters. The molecule has 0 spiro atoms. The minimum Gasteiger partial charge on any atom is -0.261 e. The standard InChI is InChI=1S/C5H4Br2N2.C5H6N2/c1-3-5(7)9-4(6)2-8-3;1-5-4-6-2-3-7-5/h2H,1H3;2-4H,1H3. The van der Waals surface area contributed by atoms with Gasteiger partial charge in [0.2, 0.25) is 0 Å². The van der Waals surface area contributed by atoms with Crippen LogP contribution in [0.15, 0.2) is 34.0 Å². The summed E-state index contributed by atoms with van der Waals surface area (Å²) in [5.74, 6) is 0. The Bertz CT molecular complexity index is 448. The molecule has 0 aliphatic carbocycles. The van der Waals surface area contributed by atoms with Crippen molar-refractivity contribution in [3.8, 4) is 0 Å². The lowest BCUT2D eigenvalue weighted by atomic mass is 10.5. The van der Waals surface area contributed by atoms with E-state index in [0.717, 1.165) is 20.6 Å². The van der Waals surface area contributed by atoms with Gasteiger partial charge in [0.25, 0.3) is 0 Å². The minimum absolute atomic E-state index is 0.750. The van der Waals surface area contributed by atoms with E-state index in [9.17, 15) is 0 Å². The number of hydrogen-bond donors (Lipinski definition) is 0. The molecule has 0 saturated carbocycles. The first kappa shape index (κ1) is 13.2. The molecule has 0 saturated heterocycles. The second kappa shape index (κ2) is 6.65. The van der Waals surface area contributed by atoms with Crippen LogP contribution in [0.2, 0.25) is 0 Å². The number of nitrogens with zero attached hydrogens (tertiary/aromatic N) is 4. The fourth-order valence-electron chi connectivity index (χ4n) is 0.781. The second-order valence-corrected chi connectivity index (χ2v) is 4.48. The maximum Gasteiger partial charge on any atom is 0.128 e. The summed E-state index contributed by atoms with van der Waals surface area (Å²) >= 11 is 6.44. The van der Waals surface area contributed by atoms with Crippen LogP contribution in [0.3, 0.4) is 0 Å². The highest BCUT2D eigenvalue weighted by molar-refractivity contribution is 9.11. The Morgan fingerprint density at radius 2 is 1.75 bits per heavy atom. The smallest absolute Gasteiger partial charge is 0.128 e. The molecule has 0 aliphatic rings. The fourth-order valence-corrected chi connectivity index (χ4v) is 1.59. The van der Waals surface area contributed by atoms with Gasteiger partial charge < -0.3 is 0 Å². The van der Waals surface area contributed by atoms with Crippen molar-refractivity contribution in [3.05, 3.63) is 45.4 Å². The van der Waals surface area contributed by atoms with E-state index >= 15 is 0 Å². The summed E-state index contributed by atoms with van der Waals surface area (Å²) in [4.78, 5) is 15.8. The molecule has 0 N–H and O–H groups in total. The second-order valence-electron chi connectivity index (χ2n) is 2.92. The Balaban J connectivity index is 0.000000165. The predicted molar refractivity (Wildman–Crippen MR) is 68.9 cm³/mol. The molecular weight excluding hydrogens is 336 g/mol. The maximum atomic E-state index is 4.04. The van der Waals surface area contributed by atoms with E-state index in [1.165, 1.54) is 0 Å². The Morgan fingerprint density at radius 1 is 1.00 bits per heavy atom. The molecule has 2 aromatic rings. The molecule has 0 aliphatic heterocycles. The zero-order valence-corrected chi connectivity index (χ0v) is 12.0. The van der Waals surface area contributed by atoms with E-state index in [2.05, 4.69) is 51.8 Å². The number of hydrogen-bond acceptors (Lipinski definition) is 4. The molecule has 0 bridgehead atoms. The molecule has 0 radical (unpaired) electrons. The third-order valence-electron chi connectivity index (χ3n) is 1.56.